The van der Waals surface area contributed by atoms with Crippen molar-refractivity contribution in [1.29, 1.82) is 0 Å². The van der Waals surface area contributed by atoms with Crippen molar-refractivity contribution in [3.8, 4) is 0 Å². The molecule has 0 aliphatic heterocycles. The average molecular weight is 374 g/mol. The summed E-state index contributed by atoms with van der Waals surface area (Å²) in [6, 6.07) is 8.12. The van der Waals surface area contributed by atoms with E-state index in [9.17, 15) is 0 Å². The molecule has 2 aromatic rings. The van der Waals surface area contributed by atoms with E-state index in [0.717, 1.165) is 11.1 Å². The third-order valence-corrected chi connectivity index (χ3v) is 8.19. The minimum absolute atomic E-state index is 0. The van der Waals surface area contributed by atoms with Crippen LogP contribution in [-0.4, -0.2) is 28.2 Å². The van der Waals surface area contributed by atoms with Gasteiger partial charge in [0.05, 0.1) is 5.54 Å². The summed E-state index contributed by atoms with van der Waals surface area (Å²) >= 11 is 0. The molecule has 0 atom stereocenters. The van der Waals surface area contributed by atoms with E-state index in [-0.39, 0.29) is 43.3 Å². The number of aromatic nitrogens is 1. The topological polar surface area (TPSA) is 40.6 Å². The number of benzene rings is 1. The van der Waals surface area contributed by atoms with Gasteiger partial charge in [0, 0.05) is 6.21 Å². The molecule has 134 valence electrons. The van der Waals surface area contributed by atoms with Gasteiger partial charge in [-0.1, -0.05) is 80.0 Å². The van der Waals surface area contributed by atoms with Gasteiger partial charge in [-0.05, 0) is 31.7 Å². The Morgan fingerprint density at radius 2 is 1.42 bits per heavy atom. The number of para-hydroxylation sites is 1. The summed E-state index contributed by atoms with van der Waals surface area (Å²) in [5.41, 5.74) is 2.10. The van der Waals surface area contributed by atoms with Crippen molar-refractivity contribution in [2.24, 2.45) is 4.99 Å². The van der Waals surface area contributed by atoms with E-state index in [2.05, 4.69) is 76.1 Å². The molecule has 0 aliphatic rings. The molecule has 0 fully saturated rings. The Bertz CT molecular complexity index is 666. The van der Waals surface area contributed by atoms with Crippen LogP contribution < -0.4 is 42.7 Å². The summed E-state index contributed by atoms with van der Waals surface area (Å²) in [6.07, 6.45) is 3.79. The van der Waals surface area contributed by atoms with Crippen molar-refractivity contribution in [3.63, 3.8) is 0 Å². The summed E-state index contributed by atoms with van der Waals surface area (Å²) in [5, 5.41) is 1.17. The number of hydrogen-bond donors (Lipinski definition) is 0. The first-order chi connectivity index (χ1) is 10.8. The maximum Gasteiger partial charge on any atom is 1.00 e. The van der Waals surface area contributed by atoms with Gasteiger partial charge in [-0.2, -0.15) is 6.20 Å². The largest absolute Gasteiger partial charge is 1.00 e. The molecule has 1 aromatic carbocycles. The van der Waals surface area contributed by atoms with Crippen LogP contribution in [0.3, 0.4) is 0 Å². The van der Waals surface area contributed by atoms with E-state index in [4.69, 9.17) is 4.65 Å². The van der Waals surface area contributed by atoms with Gasteiger partial charge in [0.1, 0.15) is 0 Å². The van der Waals surface area contributed by atoms with Crippen molar-refractivity contribution in [2.45, 2.75) is 65.6 Å². The first-order valence-corrected chi connectivity index (χ1v) is 15.5. The fourth-order valence-electron chi connectivity index (χ4n) is 2.41. The molecule has 3 nitrogen and oxygen atoms in total. The molecule has 7 heteroatoms. The van der Waals surface area contributed by atoms with Gasteiger partial charge in [-0.15, -0.1) is 5.52 Å². The van der Waals surface area contributed by atoms with Crippen molar-refractivity contribution in [2.75, 3.05) is 0 Å². The molecular weight excluding hydrogens is 340 g/mol. The predicted molar refractivity (Wildman–Crippen MR) is 115 cm³/mol. The van der Waals surface area contributed by atoms with Crippen LogP contribution in [0.25, 0.3) is 15.6 Å². The van der Waals surface area contributed by atoms with Crippen LogP contribution in [0.1, 0.15) is 26.3 Å². The van der Waals surface area contributed by atoms with E-state index in [1.807, 2.05) is 30.6 Å². The molecule has 0 aliphatic carbocycles. The van der Waals surface area contributed by atoms with Gasteiger partial charge < -0.3 is 9.63 Å². The molecule has 2 rings (SSSR count). The fourth-order valence-corrected chi connectivity index (χ4v) is 10.5. The van der Waals surface area contributed by atoms with Gasteiger partial charge in [-0.3, -0.25) is 4.99 Å². The van der Waals surface area contributed by atoms with Crippen LogP contribution in [-0.2, 0) is 0 Å². The molecule has 0 amide bonds. The number of nitrogens with zero attached hydrogens (tertiary/aromatic N) is 3. The minimum atomic E-state index is -1.11. The van der Waals surface area contributed by atoms with Crippen molar-refractivity contribution < 1.29 is 37.7 Å². The summed E-state index contributed by atoms with van der Waals surface area (Å²) in [6.45, 7) is 20.0. The van der Waals surface area contributed by atoms with E-state index in [0.29, 0.717) is 0 Å². The van der Waals surface area contributed by atoms with Crippen molar-refractivity contribution >= 4 is 33.6 Å². The fraction of sp³-hybridized carbons (Fsp3) is 0.526. The Morgan fingerprint density at radius 3 is 1.85 bits per heavy atom. The molecule has 0 spiro atoms. The quantitative estimate of drug-likeness (QED) is 0.554. The number of aliphatic imine (C=N–C) groups is 1. The van der Waals surface area contributed by atoms with Crippen LogP contribution in [0.2, 0.25) is 39.3 Å². The molecule has 26 heavy (non-hydrogen) atoms. The molecule has 0 saturated heterocycles. The molecule has 0 N–H and O–H groups in total. The Kier molecular flexibility index (Phi) is 12.1. The number of fused-ring (bicyclic) bond motifs is 1. The Hall–Kier alpha value is 0.0186. The minimum Gasteiger partial charge on any atom is -0.668 e. The summed E-state index contributed by atoms with van der Waals surface area (Å²) in [5.74, 6) is 0. The van der Waals surface area contributed by atoms with E-state index >= 15 is 0 Å². The van der Waals surface area contributed by atoms with E-state index in [1.165, 1.54) is 5.39 Å². The van der Waals surface area contributed by atoms with Crippen LogP contribution in [0.5, 0.6) is 0 Å². The van der Waals surface area contributed by atoms with Gasteiger partial charge in [0.15, 0.2) is 0 Å². The van der Waals surface area contributed by atoms with Crippen LogP contribution in [0.15, 0.2) is 35.5 Å². The molecule has 0 bridgehead atoms. The standard InChI is InChI=1S/C13H15N2.C6H18NSi2.2Li/c1-13(2,3)15-9-10-8-14-12-7-5-4-6-11(10)12;1-8(2,3)7-9(4,5)6;;/h4-9H,1-3H3;1-6H3;;/q2*-1;2*+1. The predicted octanol–water partition coefficient (Wildman–Crippen LogP) is 0.0523. The second-order valence-electron chi connectivity index (χ2n) is 9.11. The molecule has 1 aromatic heterocycles. The molecule has 0 saturated carbocycles. The molecular formula is C19H33Li2N3Si2. The first-order valence-electron chi connectivity index (χ1n) is 8.57. The Morgan fingerprint density at radius 1 is 0.923 bits per heavy atom. The van der Waals surface area contributed by atoms with Gasteiger partial charge >= 0.3 is 37.7 Å². The number of rotatable bonds is 3. The Balaban J connectivity index is 0. The number of hydrogen-bond acceptors (Lipinski definition) is 1. The summed E-state index contributed by atoms with van der Waals surface area (Å²) < 4.78 is 4.82. The van der Waals surface area contributed by atoms with Crippen LogP contribution in [0, 0.1) is 0 Å². The zero-order chi connectivity index (χ0) is 18.6. The SMILES string of the molecule is CC(C)(C)N=Cc1c[n-]c2ccccc12.C[Si](C)(C)[N-][Si](C)(C)C.[Li+].[Li+]. The van der Waals surface area contributed by atoms with E-state index in [1.54, 1.807) is 0 Å². The maximum atomic E-state index is 4.82. The second kappa shape index (κ2) is 11.1. The van der Waals surface area contributed by atoms with Crippen LogP contribution >= 0.6 is 0 Å². The van der Waals surface area contributed by atoms with Gasteiger partial charge in [0.2, 0.25) is 0 Å². The van der Waals surface area contributed by atoms with Crippen LogP contribution in [0.4, 0.5) is 0 Å². The third kappa shape index (κ3) is 12.4. The molecule has 1 heterocycles. The maximum absolute atomic E-state index is 4.82. The monoisotopic (exact) mass is 373 g/mol. The normalized spacial score (nSPS) is 12.2. The second-order valence-corrected chi connectivity index (χ2v) is 18.7. The average Bonchev–Trinajstić information content (AvgIpc) is 2.75. The van der Waals surface area contributed by atoms with Gasteiger partial charge in [-0.25, -0.2) is 0 Å². The molecule has 0 unspecified atom stereocenters. The first kappa shape index (κ1) is 28.2. The van der Waals surface area contributed by atoms with Crippen molar-refractivity contribution in [1.82, 2.24) is 4.98 Å². The summed E-state index contributed by atoms with van der Waals surface area (Å²) in [7, 11) is -2.21. The zero-order valence-electron chi connectivity index (χ0n) is 18.8. The third-order valence-electron chi connectivity index (χ3n) is 2.82. The summed E-state index contributed by atoms with van der Waals surface area (Å²) in [4.78, 5) is 8.81. The zero-order valence-corrected chi connectivity index (χ0v) is 20.8. The van der Waals surface area contributed by atoms with E-state index < -0.39 is 16.5 Å². The molecule has 0 radical (unpaired) electrons. The van der Waals surface area contributed by atoms with Gasteiger partial charge in [0.25, 0.3) is 0 Å². The van der Waals surface area contributed by atoms with Crippen molar-refractivity contribution in [3.05, 3.63) is 40.7 Å². The smallest absolute Gasteiger partial charge is 0.668 e. The Labute approximate surface area is 186 Å².